The molecule has 2 fully saturated rings. The Morgan fingerprint density at radius 3 is 2.62 bits per heavy atom. The number of imidazole rings is 1. The summed E-state index contributed by atoms with van der Waals surface area (Å²) in [7, 11) is 0. The van der Waals surface area contributed by atoms with E-state index in [1.54, 1.807) is 0 Å². The lowest BCUT2D eigenvalue weighted by molar-refractivity contribution is 0.0519. The topological polar surface area (TPSA) is 40.9 Å². The van der Waals surface area contributed by atoms with Gasteiger partial charge in [-0.25, -0.2) is 4.98 Å². The summed E-state index contributed by atoms with van der Waals surface area (Å²) < 4.78 is 1.93. The number of amides is 1. The van der Waals surface area contributed by atoms with Gasteiger partial charge in [-0.05, 0) is 37.5 Å². The highest BCUT2D eigenvalue weighted by molar-refractivity contribution is 5.93. The molecule has 0 atom stereocenters. The maximum absolute atomic E-state index is 12.8. The van der Waals surface area contributed by atoms with Gasteiger partial charge in [0, 0.05) is 44.6 Å². The third-order valence-corrected chi connectivity index (χ3v) is 5.53. The van der Waals surface area contributed by atoms with Crippen molar-refractivity contribution in [3.63, 3.8) is 0 Å². The van der Waals surface area contributed by atoms with Crippen molar-refractivity contribution in [3.05, 3.63) is 35.8 Å². The van der Waals surface area contributed by atoms with E-state index in [1.165, 1.54) is 32.1 Å². The van der Waals surface area contributed by atoms with Crippen LogP contribution in [-0.4, -0.2) is 57.3 Å². The molecule has 4 rings (SSSR count). The molecule has 0 radical (unpaired) electrons. The maximum Gasteiger partial charge on any atom is 0.274 e. The fourth-order valence-corrected chi connectivity index (χ4v) is 4.09. The second-order valence-electron chi connectivity index (χ2n) is 7.22. The second kappa shape index (κ2) is 6.55. The Hall–Kier alpha value is -1.88. The Morgan fingerprint density at radius 2 is 1.88 bits per heavy atom. The molecule has 5 heteroatoms. The van der Waals surface area contributed by atoms with Gasteiger partial charge in [-0.1, -0.05) is 19.3 Å². The zero-order valence-corrected chi connectivity index (χ0v) is 14.4. The normalized spacial score (nSPS) is 20.6. The number of nitrogens with zero attached hydrogens (tertiary/aromatic N) is 4. The first-order chi connectivity index (χ1) is 11.7. The van der Waals surface area contributed by atoms with Crippen LogP contribution in [0.3, 0.4) is 0 Å². The minimum Gasteiger partial charge on any atom is -0.335 e. The molecule has 1 amide bonds. The zero-order valence-electron chi connectivity index (χ0n) is 14.4. The lowest BCUT2D eigenvalue weighted by Crippen LogP contribution is -2.52. The minimum absolute atomic E-state index is 0.0691. The third kappa shape index (κ3) is 3.05. The van der Waals surface area contributed by atoms with Crippen LogP contribution in [0, 0.1) is 6.92 Å². The highest BCUT2D eigenvalue weighted by Crippen LogP contribution is 2.23. The molecule has 0 spiro atoms. The number of rotatable bonds is 2. The van der Waals surface area contributed by atoms with Gasteiger partial charge in [0.15, 0.2) is 0 Å². The summed E-state index contributed by atoms with van der Waals surface area (Å²) in [5, 5.41) is 0. The summed E-state index contributed by atoms with van der Waals surface area (Å²) in [4.78, 5) is 21.8. The number of aryl methyl sites for hydroxylation is 1. The van der Waals surface area contributed by atoms with E-state index in [4.69, 9.17) is 0 Å². The van der Waals surface area contributed by atoms with Gasteiger partial charge in [-0.3, -0.25) is 9.69 Å². The van der Waals surface area contributed by atoms with E-state index in [0.29, 0.717) is 5.69 Å². The van der Waals surface area contributed by atoms with Crippen molar-refractivity contribution in [3.8, 4) is 0 Å². The number of fused-ring (bicyclic) bond motifs is 1. The van der Waals surface area contributed by atoms with Crippen LogP contribution in [0.15, 0.2) is 24.5 Å². The molecule has 3 heterocycles. The van der Waals surface area contributed by atoms with Crippen LogP contribution in [0.25, 0.3) is 5.65 Å². The summed E-state index contributed by atoms with van der Waals surface area (Å²) >= 11 is 0. The van der Waals surface area contributed by atoms with Crippen LogP contribution in [0.1, 0.15) is 48.2 Å². The van der Waals surface area contributed by atoms with E-state index in [0.717, 1.165) is 43.4 Å². The number of hydrogen-bond acceptors (Lipinski definition) is 3. The Morgan fingerprint density at radius 1 is 1.12 bits per heavy atom. The SMILES string of the molecule is Cc1ccn2cc(C(=O)N3CCN(C4CCCCC4)CC3)nc2c1. The summed E-state index contributed by atoms with van der Waals surface area (Å²) in [5.41, 5.74) is 2.57. The highest BCUT2D eigenvalue weighted by Gasteiger charge is 2.28. The predicted molar refractivity (Wildman–Crippen MR) is 94.3 cm³/mol. The highest BCUT2D eigenvalue weighted by atomic mass is 16.2. The predicted octanol–water partition coefficient (Wildman–Crippen LogP) is 2.73. The fourth-order valence-electron chi connectivity index (χ4n) is 4.09. The summed E-state index contributed by atoms with van der Waals surface area (Å²) in [5.74, 6) is 0.0691. The molecule has 5 nitrogen and oxygen atoms in total. The average molecular weight is 326 g/mol. The zero-order chi connectivity index (χ0) is 16.5. The molecule has 1 saturated carbocycles. The summed E-state index contributed by atoms with van der Waals surface area (Å²) in [6, 6.07) is 4.79. The molecular weight excluding hydrogens is 300 g/mol. The molecule has 2 aromatic rings. The molecule has 0 N–H and O–H groups in total. The quantitative estimate of drug-likeness (QED) is 0.852. The maximum atomic E-state index is 12.8. The van der Waals surface area contributed by atoms with Gasteiger partial charge in [-0.2, -0.15) is 0 Å². The molecule has 0 aromatic carbocycles. The molecular formula is C19H26N4O. The average Bonchev–Trinajstić information content (AvgIpc) is 3.05. The van der Waals surface area contributed by atoms with Crippen LogP contribution in [-0.2, 0) is 0 Å². The molecule has 1 aliphatic heterocycles. The first-order valence-corrected chi connectivity index (χ1v) is 9.19. The Balaban J connectivity index is 1.41. The van der Waals surface area contributed by atoms with E-state index >= 15 is 0 Å². The van der Waals surface area contributed by atoms with E-state index in [9.17, 15) is 4.79 Å². The fraction of sp³-hybridized carbons (Fsp3) is 0.579. The van der Waals surface area contributed by atoms with E-state index in [1.807, 2.05) is 40.8 Å². The van der Waals surface area contributed by atoms with Gasteiger partial charge < -0.3 is 9.30 Å². The molecule has 2 aliphatic rings. The van der Waals surface area contributed by atoms with Crippen molar-refractivity contribution in [1.82, 2.24) is 19.2 Å². The lowest BCUT2D eigenvalue weighted by atomic mass is 9.94. The Kier molecular flexibility index (Phi) is 4.27. The van der Waals surface area contributed by atoms with Gasteiger partial charge in [0.25, 0.3) is 5.91 Å². The standard InChI is InChI=1S/C19H26N4O/c1-15-7-8-23-14-17(20-18(23)13-15)19(24)22-11-9-21(10-12-22)16-5-3-2-4-6-16/h7-8,13-14,16H,2-6,9-12H2,1H3. The van der Waals surface area contributed by atoms with Crippen LogP contribution in [0.5, 0.6) is 0 Å². The van der Waals surface area contributed by atoms with Crippen molar-refractivity contribution < 1.29 is 4.79 Å². The number of aromatic nitrogens is 2. The summed E-state index contributed by atoms with van der Waals surface area (Å²) in [6.07, 6.45) is 10.6. The summed E-state index contributed by atoms with van der Waals surface area (Å²) in [6.45, 7) is 5.69. The molecule has 1 saturated heterocycles. The largest absolute Gasteiger partial charge is 0.335 e. The Labute approximate surface area is 143 Å². The number of pyridine rings is 1. The van der Waals surface area contributed by atoms with Crippen molar-refractivity contribution >= 4 is 11.6 Å². The molecule has 128 valence electrons. The van der Waals surface area contributed by atoms with Crippen LogP contribution >= 0.6 is 0 Å². The van der Waals surface area contributed by atoms with E-state index < -0.39 is 0 Å². The molecule has 2 aromatic heterocycles. The van der Waals surface area contributed by atoms with Crippen LogP contribution < -0.4 is 0 Å². The Bertz CT molecular complexity index is 724. The van der Waals surface area contributed by atoms with Crippen molar-refractivity contribution in [2.45, 2.75) is 45.1 Å². The van der Waals surface area contributed by atoms with Crippen LogP contribution in [0.2, 0.25) is 0 Å². The van der Waals surface area contributed by atoms with Crippen molar-refractivity contribution in [2.24, 2.45) is 0 Å². The molecule has 0 bridgehead atoms. The lowest BCUT2D eigenvalue weighted by Gasteiger charge is -2.40. The molecule has 1 aliphatic carbocycles. The van der Waals surface area contributed by atoms with Gasteiger partial charge >= 0.3 is 0 Å². The molecule has 24 heavy (non-hydrogen) atoms. The smallest absolute Gasteiger partial charge is 0.274 e. The minimum atomic E-state index is 0.0691. The first kappa shape index (κ1) is 15.6. The van der Waals surface area contributed by atoms with Gasteiger partial charge in [0.2, 0.25) is 0 Å². The first-order valence-electron chi connectivity index (χ1n) is 9.19. The second-order valence-corrected chi connectivity index (χ2v) is 7.22. The molecule has 0 unspecified atom stereocenters. The van der Waals surface area contributed by atoms with Crippen LogP contribution in [0.4, 0.5) is 0 Å². The number of carbonyl (C=O) groups is 1. The van der Waals surface area contributed by atoms with Gasteiger partial charge in [0.05, 0.1) is 0 Å². The third-order valence-electron chi connectivity index (χ3n) is 5.53. The monoisotopic (exact) mass is 326 g/mol. The van der Waals surface area contributed by atoms with E-state index in [2.05, 4.69) is 9.88 Å². The van der Waals surface area contributed by atoms with Crippen molar-refractivity contribution in [2.75, 3.05) is 26.2 Å². The number of hydrogen-bond donors (Lipinski definition) is 0. The van der Waals surface area contributed by atoms with Gasteiger partial charge in [0.1, 0.15) is 11.3 Å². The van der Waals surface area contributed by atoms with E-state index in [-0.39, 0.29) is 5.91 Å². The van der Waals surface area contributed by atoms with Gasteiger partial charge in [-0.15, -0.1) is 0 Å². The number of piperazine rings is 1. The van der Waals surface area contributed by atoms with Crippen molar-refractivity contribution in [1.29, 1.82) is 0 Å². The number of carbonyl (C=O) groups excluding carboxylic acids is 1.